The number of benzene rings is 2. The number of hydrogen-bond donors (Lipinski definition) is 1. The largest absolute Gasteiger partial charge is 0.352 e. The Kier molecular flexibility index (Phi) is 6.01. The second-order valence-electron chi connectivity index (χ2n) is 7.00. The summed E-state index contributed by atoms with van der Waals surface area (Å²) >= 11 is 0. The molecule has 1 N–H and O–H groups in total. The molecule has 0 saturated carbocycles. The van der Waals surface area contributed by atoms with Crippen molar-refractivity contribution in [2.45, 2.75) is 20.4 Å². The first-order chi connectivity index (χ1) is 13.9. The summed E-state index contributed by atoms with van der Waals surface area (Å²) in [6.45, 7) is 4.01. The molecule has 3 aromatic rings. The van der Waals surface area contributed by atoms with Gasteiger partial charge < -0.3 is 5.32 Å². The van der Waals surface area contributed by atoms with Gasteiger partial charge in [-0.05, 0) is 35.7 Å². The van der Waals surface area contributed by atoms with Crippen LogP contribution in [0.25, 0.3) is 5.69 Å². The van der Waals surface area contributed by atoms with Crippen molar-refractivity contribution in [2.75, 3.05) is 6.54 Å². The minimum atomic E-state index is -0.826. The van der Waals surface area contributed by atoms with Gasteiger partial charge in [0.25, 0.3) is 11.5 Å². The van der Waals surface area contributed by atoms with Crippen molar-refractivity contribution in [1.82, 2.24) is 19.7 Å². The smallest absolute Gasteiger partial charge is 0.350 e. The normalized spacial score (nSPS) is 10.9. The Morgan fingerprint density at radius 2 is 1.83 bits per heavy atom. The fourth-order valence-corrected chi connectivity index (χ4v) is 2.73. The molecule has 1 amide bonds. The number of para-hydroxylation sites is 1. The molecule has 1 heterocycles. The van der Waals surface area contributed by atoms with Crippen LogP contribution in [0.3, 0.4) is 0 Å². The molecule has 0 spiro atoms. The maximum Gasteiger partial charge on any atom is 0.352 e. The Balaban J connectivity index is 2.15. The van der Waals surface area contributed by atoms with Gasteiger partial charge in [0.05, 0.1) is 12.2 Å². The Morgan fingerprint density at radius 1 is 1.10 bits per heavy atom. The van der Waals surface area contributed by atoms with Crippen molar-refractivity contribution in [3.63, 3.8) is 0 Å². The van der Waals surface area contributed by atoms with Crippen LogP contribution in [0.15, 0.2) is 64.2 Å². The molecule has 3 rings (SSSR count). The zero-order chi connectivity index (χ0) is 21.0. The lowest BCUT2D eigenvalue weighted by Gasteiger charge is -2.13. The first-order valence-corrected chi connectivity index (χ1v) is 9.19. The molecule has 0 aliphatic rings. The van der Waals surface area contributed by atoms with Gasteiger partial charge in [-0.15, -0.1) is 0 Å². The van der Waals surface area contributed by atoms with E-state index >= 15 is 0 Å². The highest BCUT2D eigenvalue weighted by Gasteiger charge is 2.20. The summed E-state index contributed by atoms with van der Waals surface area (Å²) in [5.74, 6) is -0.974. The summed E-state index contributed by atoms with van der Waals surface area (Å²) in [5.41, 5.74) is -1.11. The van der Waals surface area contributed by atoms with E-state index in [1.54, 1.807) is 36.4 Å². The maximum atomic E-state index is 13.6. The van der Waals surface area contributed by atoms with Crippen LogP contribution in [0.5, 0.6) is 0 Å². The summed E-state index contributed by atoms with van der Waals surface area (Å²) < 4.78 is 15.4. The lowest BCUT2D eigenvalue weighted by molar-refractivity contribution is 0.0939. The third kappa shape index (κ3) is 4.66. The number of rotatable bonds is 6. The third-order valence-corrected chi connectivity index (χ3v) is 4.18. The van der Waals surface area contributed by atoms with E-state index in [4.69, 9.17) is 0 Å². The van der Waals surface area contributed by atoms with Gasteiger partial charge in [-0.1, -0.05) is 44.2 Å². The highest BCUT2D eigenvalue weighted by atomic mass is 19.1. The first-order valence-electron chi connectivity index (χ1n) is 9.19. The van der Waals surface area contributed by atoms with E-state index in [-0.39, 0.29) is 12.5 Å². The molecule has 0 bridgehead atoms. The molecule has 150 valence electrons. The van der Waals surface area contributed by atoms with Crippen molar-refractivity contribution < 1.29 is 9.18 Å². The number of nitrogens with zero attached hydrogens (tertiary/aromatic N) is 3. The predicted octanol–water partition coefficient (Wildman–Crippen LogP) is 1.97. The lowest BCUT2D eigenvalue weighted by atomic mass is 10.2. The summed E-state index contributed by atoms with van der Waals surface area (Å²) in [4.78, 5) is 38.4. The standard InChI is InChI=1S/C21H21FN4O3/c1-14(2)12-23-19(27)18-20(28)25(13-15-7-6-8-16(22)11-15)21(29)26(24-18)17-9-4-3-5-10-17/h3-11,14H,12-13H2,1-2H3,(H,23,27). The Morgan fingerprint density at radius 3 is 2.48 bits per heavy atom. The summed E-state index contributed by atoms with van der Waals surface area (Å²) in [6, 6.07) is 14.1. The molecule has 0 aliphatic heterocycles. The van der Waals surface area contributed by atoms with E-state index in [0.29, 0.717) is 17.8 Å². The van der Waals surface area contributed by atoms with Crippen LogP contribution in [0.4, 0.5) is 4.39 Å². The monoisotopic (exact) mass is 396 g/mol. The molecule has 0 fully saturated rings. The highest BCUT2D eigenvalue weighted by molar-refractivity contribution is 5.91. The van der Waals surface area contributed by atoms with Crippen LogP contribution < -0.4 is 16.6 Å². The number of nitrogens with one attached hydrogen (secondary N) is 1. The van der Waals surface area contributed by atoms with Crippen LogP contribution in [0.2, 0.25) is 0 Å². The van der Waals surface area contributed by atoms with Gasteiger partial charge in [0, 0.05) is 6.54 Å². The van der Waals surface area contributed by atoms with Gasteiger partial charge in [0.1, 0.15) is 5.82 Å². The van der Waals surface area contributed by atoms with Gasteiger partial charge in [-0.25, -0.2) is 9.18 Å². The Hall–Kier alpha value is -3.55. The zero-order valence-electron chi connectivity index (χ0n) is 16.1. The Bertz CT molecular complexity index is 1140. The fraction of sp³-hybridized carbons (Fsp3) is 0.238. The molecule has 1 aromatic heterocycles. The molecule has 7 nitrogen and oxygen atoms in total. The number of aromatic nitrogens is 3. The maximum absolute atomic E-state index is 13.6. The van der Waals surface area contributed by atoms with E-state index in [9.17, 15) is 18.8 Å². The van der Waals surface area contributed by atoms with E-state index in [1.165, 1.54) is 18.2 Å². The van der Waals surface area contributed by atoms with Crippen LogP contribution in [-0.4, -0.2) is 26.8 Å². The summed E-state index contributed by atoms with van der Waals surface area (Å²) in [6.07, 6.45) is 0. The molecule has 29 heavy (non-hydrogen) atoms. The second-order valence-corrected chi connectivity index (χ2v) is 7.00. The predicted molar refractivity (Wildman–Crippen MR) is 107 cm³/mol. The zero-order valence-corrected chi connectivity index (χ0v) is 16.1. The van der Waals surface area contributed by atoms with Crippen molar-refractivity contribution in [3.05, 3.63) is 92.5 Å². The minimum absolute atomic E-state index is 0.175. The quantitative estimate of drug-likeness (QED) is 0.690. The lowest BCUT2D eigenvalue weighted by Crippen LogP contribution is -2.46. The van der Waals surface area contributed by atoms with E-state index in [2.05, 4.69) is 10.4 Å². The number of carbonyl (C=O) groups is 1. The average Bonchev–Trinajstić information content (AvgIpc) is 2.70. The summed E-state index contributed by atoms with van der Waals surface area (Å²) in [5, 5.41) is 6.67. The number of carbonyl (C=O) groups excluding carboxylic acids is 1. The molecule has 0 atom stereocenters. The molecule has 0 radical (unpaired) electrons. The highest BCUT2D eigenvalue weighted by Crippen LogP contribution is 2.06. The number of halogens is 1. The van der Waals surface area contributed by atoms with Gasteiger partial charge in [-0.2, -0.15) is 9.78 Å². The molecule has 0 unspecified atom stereocenters. The van der Waals surface area contributed by atoms with Crippen molar-refractivity contribution in [1.29, 1.82) is 0 Å². The average molecular weight is 396 g/mol. The van der Waals surface area contributed by atoms with Crippen LogP contribution in [-0.2, 0) is 6.54 Å². The molecule has 0 aliphatic carbocycles. The van der Waals surface area contributed by atoms with Crippen LogP contribution in [0, 0.1) is 11.7 Å². The van der Waals surface area contributed by atoms with E-state index < -0.39 is 28.7 Å². The fourth-order valence-electron chi connectivity index (χ4n) is 2.73. The van der Waals surface area contributed by atoms with Gasteiger partial charge in [0.2, 0.25) is 5.69 Å². The topological polar surface area (TPSA) is 86.0 Å². The van der Waals surface area contributed by atoms with Gasteiger partial charge in [-0.3, -0.25) is 14.2 Å². The summed E-state index contributed by atoms with van der Waals surface area (Å²) in [7, 11) is 0. The van der Waals surface area contributed by atoms with E-state index in [0.717, 1.165) is 9.25 Å². The number of hydrogen-bond acceptors (Lipinski definition) is 4. The second kappa shape index (κ2) is 8.64. The molecular weight excluding hydrogens is 375 g/mol. The van der Waals surface area contributed by atoms with Crippen molar-refractivity contribution >= 4 is 5.91 Å². The Labute approximate surface area is 166 Å². The molecule has 2 aromatic carbocycles. The first kappa shape index (κ1) is 20.2. The van der Waals surface area contributed by atoms with Crippen LogP contribution in [0.1, 0.15) is 29.9 Å². The molecule has 0 saturated heterocycles. The third-order valence-electron chi connectivity index (χ3n) is 4.18. The van der Waals surface area contributed by atoms with Crippen LogP contribution >= 0.6 is 0 Å². The molecular formula is C21H21FN4O3. The van der Waals surface area contributed by atoms with Gasteiger partial charge in [0.15, 0.2) is 0 Å². The minimum Gasteiger partial charge on any atom is -0.350 e. The SMILES string of the molecule is CC(C)CNC(=O)c1nn(-c2ccccc2)c(=O)n(Cc2cccc(F)c2)c1=O. The van der Waals surface area contributed by atoms with Crippen molar-refractivity contribution in [3.8, 4) is 5.69 Å². The van der Waals surface area contributed by atoms with Gasteiger partial charge >= 0.3 is 5.69 Å². The molecule has 8 heteroatoms. The van der Waals surface area contributed by atoms with Crippen molar-refractivity contribution in [2.24, 2.45) is 5.92 Å². The van der Waals surface area contributed by atoms with E-state index in [1.807, 2.05) is 13.8 Å². The number of amides is 1.